The fourth-order valence-corrected chi connectivity index (χ4v) is 4.37. The second-order valence-corrected chi connectivity index (χ2v) is 9.15. The molecule has 4 aromatic rings. The van der Waals surface area contributed by atoms with Crippen molar-refractivity contribution in [2.45, 2.75) is 33.2 Å². The standard InChI is InChI=1S/C24H27N5O2/c1-15-12-29-13-20(26-22(29)16(2)25-15)19-10-17-6-7-18(11-21(17)31-23(19)30)28-9-8-27(5)24(3,4)14-28/h6-7,10-13H,8-9,14H2,1-5H3. The number of anilines is 1. The lowest BCUT2D eigenvalue weighted by molar-refractivity contribution is 0.139. The minimum atomic E-state index is -0.380. The minimum Gasteiger partial charge on any atom is -0.422 e. The van der Waals surface area contributed by atoms with Crippen LogP contribution in [0.5, 0.6) is 0 Å². The summed E-state index contributed by atoms with van der Waals surface area (Å²) in [6, 6.07) is 7.98. The maximum atomic E-state index is 12.8. The first-order valence-corrected chi connectivity index (χ1v) is 10.6. The van der Waals surface area contributed by atoms with Crippen LogP contribution in [0.25, 0.3) is 27.9 Å². The van der Waals surface area contributed by atoms with Crippen LogP contribution in [0.1, 0.15) is 25.2 Å². The maximum absolute atomic E-state index is 12.8. The zero-order valence-corrected chi connectivity index (χ0v) is 18.6. The van der Waals surface area contributed by atoms with E-state index in [9.17, 15) is 4.79 Å². The number of nitrogens with zero attached hydrogens (tertiary/aromatic N) is 5. The number of likely N-dealkylation sites (N-methyl/N-ethyl adjacent to an activating group) is 1. The highest BCUT2D eigenvalue weighted by molar-refractivity contribution is 5.84. The molecule has 0 atom stereocenters. The quantitative estimate of drug-likeness (QED) is 0.464. The third kappa shape index (κ3) is 3.39. The average molecular weight is 418 g/mol. The van der Waals surface area contributed by atoms with Crippen molar-refractivity contribution >= 4 is 22.3 Å². The molecule has 1 aliphatic rings. The molecule has 1 fully saturated rings. The molecule has 0 unspecified atom stereocenters. The Bertz CT molecular complexity index is 1370. The highest BCUT2D eigenvalue weighted by Crippen LogP contribution is 2.28. The number of rotatable bonds is 2. The highest BCUT2D eigenvalue weighted by Gasteiger charge is 2.31. The zero-order valence-electron chi connectivity index (χ0n) is 18.6. The molecule has 0 radical (unpaired) electrons. The summed E-state index contributed by atoms with van der Waals surface area (Å²) in [5.74, 6) is 0. The first kappa shape index (κ1) is 19.8. The van der Waals surface area contributed by atoms with Gasteiger partial charge in [-0.2, -0.15) is 0 Å². The van der Waals surface area contributed by atoms with Gasteiger partial charge < -0.3 is 13.7 Å². The third-order valence-electron chi connectivity index (χ3n) is 6.40. The average Bonchev–Trinajstić information content (AvgIpc) is 3.13. The first-order chi connectivity index (χ1) is 14.7. The van der Waals surface area contributed by atoms with Crippen molar-refractivity contribution in [1.29, 1.82) is 0 Å². The van der Waals surface area contributed by atoms with Crippen molar-refractivity contribution < 1.29 is 4.42 Å². The molecule has 1 saturated heterocycles. The Morgan fingerprint density at radius 3 is 2.65 bits per heavy atom. The molecule has 3 aromatic heterocycles. The van der Waals surface area contributed by atoms with Gasteiger partial charge in [0.15, 0.2) is 5.65 Å². The number of imidazole rings is 1. The normalized spacial score (nSPS) is 17.0. The van der Waals surface area contributed by atoms with Crippen LogP contribution in [0.4, 0.5) is 5.69 Å². The molecule has 160 valence electrons. The van der Waals surface area contributed by atoms with E-state index in [0.717, 1.165) is 47.7 Å². The Labute approximate surface area is 180 Å². The zero-order chi connectivity index (χ0) is 21.9. The maximum Gasteiger partial charge on any atom is 0.345 e. The SMILES string of the molecule is Cc1cn2cc(-c3cc4ccc(N5CCN(C)C(C)(C)C5)cc4oc3=O)nc2c(C)n1. The molecule has 5 rings (SSSR count). The Kier molecular flexibility index (Phi) is 4.41. The largest absolute Gasteiger partial charge is 0.422 e. The second kappa shape index (κ2) is 6.92. The van der Waals surface area contributed by atoms with Gasteiger partial charge in [0.25, 0.3) is 0 Å². The topological polar surface area (TPSA) is 66.9 Å². The molecular weight excluding hydrogens is 390 g/mol. The molecule has 0 amide bonds. The summed E-state index contributed by atoms with van der Waals surface area (Å²) in [7, 11) is 2.16. The molecule has 31 heavy (non-hydrogen) atoms. The smallest absolute Gasteiger partial charge is 0.345 e. The van der Waals surface area contributed by atoms with E-state index in [1.54, 1.807) is 0 Å². The number of benzene rings is 1. The molecule has 1 aliphatic heterocycles. The van der Waals surface area contributed by atoms with Crippen LogP contribution in [0.3, 0.4) is 0 Å². The van der Waals surface area contributed by atoms with E-state index in [1.807, 2.05) is 48.8 Å². The third-order valence-corrected chi connectivity index (χ3v) is 6.40. The Hall–Kier alpha value is -3.19. The van der Waals surface area contributed by atoms with Gasteiger partial charge in [-0.1, -0.05) is 0 Å². The van der Waals surface area contributed by atoms with E-state index >= 15 is 0 Å². The number of aryl methyl sites for hydroxylation is 2. The Balaban J connectivity index is 1.54. The van der Waals surface area contributed by atoms with E-state index in [0.29, 0.717) is 16.8 Å². The molecule has 0 bridgehead atoms. The highest BCUT2D eigenvalue weighted by atomic mass is 16.4. The summed E-state index contributed by atoms with van der Waals surface area (Å²) in [4.78, 5) is 26.7. The van der Waals surface area contributed by atoms with Crippen molar-refractivity contribution in [3.8, 4) is 11.3 Å². The summed E-state index contributed by atoms with van der Waals surface area (Å²) in [5.41, 5.74) is 4.91. The second-order valence-electron chi connectivity index (χ2n) is 9.15. The molecule has 0 saturated carbocycles. The van der Waals surface area contributed by atoms with E-state index in [2.05, 4.69) is 46.7 Å². The molecule has 7 nitrogen and oxygen atoms in total. The molecular formula is C24H27N5O2. The predicted molar refractivity (Wildman–Crippen MR) is 123 cm³/mol. The van der Waals surface area contributed by atoms with Gasteiger partial charge in [0.1, 0.15) is 5.58 Å². The summed E-state index contributed by atoms with van der Waals surface area (Å²) in [6.07, 6.45) is 3.76. The van der Waals surface area contributed by atoms with Crippen molar-refractivity contribution in [3.63, 3.8) is 0 Å². The minimum absolute atomic E-state index is 0.0897. The van der Waals surface area contributed by atoms with Gasteiger partial charge in [0, 0.05) is 54.7 Å². The van der Waals surface area contributed by atoms with Crippen molar-refractivity contribution in [1.82, 2.24) is 19.3 Å². The van der Waals surface area contributed by atoms with Crippen LogP contribution >= 0.6 is 0 Å². The molecule has 0 N–H and O–H groups in total. The van der Waals surface area contributed by atoms with Gasteiger partial charge in [0.2, 0.25) is 0 Å². The van der Waals surface area contributed by atoms with Crippen LogP contribution in [0, 0.1) is 13.8 Å². The van der Waals surface area contributed by atoms with Crippen LogP contribution in [-0.4, -0.2) is 51.5 Å². The Morgan fingerprint density at radius 1 is 1.06 bits per heavy atom. The fraction of sp³-hybridized carbons (Fsp3) is 0.375. The van der Waals surface area contributed by atoms with Gasteiger partial charge in [-0.25, -0.2) is 9.78 Å². The monoisotopic (exact) mass is 417 g/mol. The molecule has 1 aromatic carbocycles. The van der Waals surface area contributed by atoms with Crippen molar-refractivity contribution in [3.05, 3.63) is 58.5 Å². The summed E-state index contributed by atoms with van der Waals surface area (Å²) in [6.45, 7) is 11.2. The van der Waals surface area contributed by atoms with Gasteiger partial charge in [-0.05, 0) is 52.9 Å². The van der Waals surface area contributed by atoms with E-state index < -0.39 is 0 Å². The van der Waals surface area contributed by atoms with Crippen LogP contribution < -0.4 is 10.5 Å². The first-order valence-electron chi connectivity index (χ1n) is 10.6. The van der Waals surface area contributed by atoms with Crippen LogP contribution in [0.2, 0.25) is 0 Å². The van der Waals surface area contributed by atoms with E-state index in [4.69, 9.17) is 4.42 Å². The van der Waals surface area contributed by atoms with Crippen molar-refractivity contribution in [2.75, 3.05) is 31.6 Å². The van der Waals surface area contributed by atoms with E-state index in [-0.39, 0.29) is 11.2 Å². The lowest BCUT2D eigenvalue weighted by Gasteiger charge is -2.46. The van der Waals surface area contributed by atoms with Gasteiger partial charge in [-0.15, -0.1) is 0 Å². The molecule has 0 spiro atoms. The van der Waals surface area contributed by atoms with Gasteiger partial charge >= 0.3 is 5.63 Å². The Morgan fingerprint density at radius 2 is 1.87 bits per heavy atom. The number of piperazine rings is 1. The molecule has 7 heteroatoms. The van der Waals surface area contributed by atoms with Gasteiger partial charge in [0.05, 0.1) is 22.6 Å². The van der Waals surface area contributed by atoms with Crippen LogP contribution in [0.15, 0.2) is 45.9 Å². The number of hydrogen-bond donors (Lipinski definition) is 0. The fourth-order valence-electron chi connectivity index (χ4n) is 4.37. The summed E-state index contributed by atoms with van der Waals surface area (Å²) < 4.78 is 7.66. The van der Waals surface area contributed by atoms with E-state index in [1.165, 1.54) is 0 Å². The summed E-state index contributed by atoms with van der Waals surface area (Å²) in [5, 5.41) is 0.884. The lowest BCUT2D eigenvalue weighted by atomic mass is 9.99. The lowest BCUT2D eigenvalue weighted by Crippen LogP contribution is -2.57. The van der Waals surface area contributed by atoms with Gasteiger partial charge in [-0.3, -0.25) is 9.88 Å². The van der Waals surface area contributed by atoms with Crippen molar-refractivity contribution in [2.24, 2.45) is 0 Å². The molecule has 4 heterocycles. The number of aromatic nitrogens is 3. The summed E-state index contributed by atoms with van der Waals surface area (Å²) >= 11 is 0. The number of hydrogen-bond acceptors (Lipinski definition) is 6. The number of fused-ring (bicyclic) bond motifs is 2. The van der Waals surface area contributed by atoms with Crippen LogP contribution in [-0.2, 0) is 0 Å². The predicted octanol–water partition coefficient (Wildman–Crippen LogP) is 3.65. The molecule has 0 aliphatic carbocycles.